The molecule has 4 heteroatoms. The first-order valence-corrected chi connectivity index (χ1v) is 8.20. The molecule has 0 amide bonds. The minimum atomic E-state index is 0.399. The summed E-state index contributed by atoms with van der Waals surface area (Å²) in [4.78, 5) is 13.2. The third-order valence-electron chi connectivity index (χ3n) is 4.39. The van der Waals surface area contributed by atoms with Crippen LogP contribution in [-0.4, -0.2) is 30.6 Å². The molecule has 1 heterocycles. The van der Waals surface area contributed by atoms with Crippen molar-refractivity contribution in [2.45, 2.75) is 25.9 Å². The Morgan fingerprint density at radius 3 is 2.30 bits per heavy atom. The highest BCUT2D eigenvalue weighted by molar-refractivity contribution is 5.29. The van der Waals surface area contributed by atoms with Crippen molar-refractivity contribution in [2.75, 3.05) is 19.6 Å². The number of piperazine rings is 1. The second-order valence-corrected chi connectivity index (χ2v) is 6.02. The van der Waals surface area contributed by atoms with E-state index in [0.29, 0.717) is 23.6 Å². The lowest BCUT2D eigenvalue weighted by Gasteiger charge is -2.38. The molecule has 0 bridgehead atoms. The Morgan fingerprint density at radius 1 is 1.00 bits per heavy atom. The number of benzene rings is 2. The van der Waals surface area contributed by atoms with Gasteiger partial charge in [0, 0.05) is 31.7 Å². The van der Waals surface area contributed by atoms with Gasteiger partial charge in [-0.1, -0.05) is 30.3 Å². The van der Waals surface area contributed by atoms with Crippen LogP contribution in [0.1, 0.15) is 25.5 Å². The molecule has 0 aromatic heterocycles. The topological polar surface area (TPSA) is 33.7 Å². The molecule has 2 unspecified atom stereocenters. The molecule has 0 aliphatic carbocycles. The lowest BCUT2D eigenvalue weighted by molar-refractivity contribution is -0.0999. The predicted molar refractivity (Wildman–Crippen MR) is 91.6 cm³/mol. The Bertz CT molecular complexity index is 601. The second kappa shape index (κ2) is 7.49. The van der Waals surface area contributed by atoms with Gasteiger partial charge in [0.1, 0.15) is 0 Å². The molecule has 4 nitrogen and oxygen atoms in total. The van der Waals surface area contributed by atoms with Gasteiger partial charge in [0.15, 0.2) is 11.5 Å². The van der Waals surface area contributed by atoms with Crippen LogP contribution in [0, 0.1) is 0 Å². The normalized spacial score (nSPS) is 20.0. The summed E-state index contributed by atoms with van der Waals surface area (Å²) in [5.74, 6) is 1.40. The van der Waals surface area contributed by atoms with Gasteiger partial charge in [-0.05, 0) is 43.7 Å². The van der Waals surface area contributed by atoms with Crippen LogP contribution in [0.4, 0.5) is 0 Å². The zero-order chi connectivity index (χ0) is 16.1. The van der Waals surface area contributed by atoms with Crippen LogP contribution in [0.15, 0.2) is 54.6 Å². The number of hydrogen-bond acceptors (Lipinski definition) is 4. The smallest absolute Gasteiger partial charge is 0.178 e. The summed E-state index contributed by atoms with van der Waals surface area (Å²) in [5.41, 5.74) is 1.30. The van der Waals surface area contributed by atoms with Gasteiger partial charge in [0.2, 0.25) is 0 Å². The van der Waals surface area contributed by atoms with Crippen LogP contribution in [0.25, 0.3) is 0 Å². The van der Waals surface area contributed by atoms with Crippen molar-refractivity contribution in [2.24, 2.45) is 0 Å². The van der Waals surface area contributed by atoms with Crippen molar-refractivity contribution in [3.05, 3.63) is 60.2 Å². The first-order valence-electron chi connectivity index (χ1n) is 8.20. The molecular formula is C19H24N2O2. The van der Waals surface area contributed by atoms with Crippen molar-refractivity contribution in [3.8, 4) is 11.5 Å². The van der Waals surface area contributed by atoms with Crippen LogP contribution >= 0.6 is 0 Å². The van der Waals surface area contributed by atoms with Crippen molar-refractivity contribution in [1.82, 2.24) is 10.2 Å². The number of para-hydroxylation sites is 1. The van der Waals surface area contributed by atoms with Crippen molar-refractivity contribution >= 4 is 0 Å². The highest BCUT2D eigenvalue weighted by atomic mass is 17.2. The Hall–Kier alpha value is -2.04. The number of hydrogen-bond donors (Lipinski definition) is 1. The van der Waals surface area contributed by atoms with E-state index in [1.165, 1.54) is 5.56 Å². The quantitative estimate of drug-likeness (QED) is 0.677. The third kappa shape index (κ3) is 4.03. The summed E-state index contributed by atoms with van der Waals surface area (Å²) < 4.78 is 0. The van der Waals surface area contributed by atoms with Crippen molar-refractivity contribution in [1.29, 1.82) is 0 Å². The molecular weight excluding hydrogens is 288 g/mol. The van der Waals surface area contributed by atoms with E-state index in [9.17, 15) is 0 Å². The SMILES string of the molecule is CC1CNCCN1C(C)c1ccc(OOc2ccccc2)cc1. The average molecular weight is 312 g/mol. The molecule has 2 aromatic rings. The van der Waals surface area contributed by atoms with Gasteiger partial charge >= 0.3 is 0 Å². The summed E-state index contributed by atoms with van der Waals surface area (Å²) >= 11 is 0. The van der Waals surface area contributed by atoms with E-state index in [0.717, 1.165) is 19.6 Å². The molecule has 2 aromatic carbocycles. The van der Waals surface area contributed by atoms with Crippen LogP contribution in [0.5, 0.6) is 11.5 Å². The monoisotopic (exact) mass is 312 g/mol. The fourth-order valence-electron chi connectivity index (χ4n) is 3.00. The summed E-state index contributed by atoms with van der Waals surface area (Å²) in [6.45, 7) is 7.72. The highest BCUT2D eigenvalue weighted by Gasteiger charge is 2.23. The van der Waals surface area contributed by atoms with E-state index in [1.54, 1.807) is 0 Å². The van der Waals surface area contributed by atoms with Crippen LogP contribution in [-0.2, 0) is 0 Å². The molecule has 23 heavy (non-hydrogen) atoms. The molecule has 122 valence electrons. The molecule has 3 rings (SSSR count). The number of nitrogens with zero attached hydrogens (tertiary/aromatic N) is 1. The van der Waals surface area contributed by atoms with E-state index >= 15 is 0 Å². The molecule has 1 fully saturated rings. The zero-order valence-electron chi connectivity index (χ0n) is 13.7. The van der Waals surface area contributed by atoms with Gasteiger partial charge in [-0.3, -0.25) is 14.7 Å². The van der Waals surface area contributed by atoms with E-state index in [2.05, 4.69) is 36.2 Å². The standard InChI is InChI=1S/C19H24N2O2/c1-15-14-20-12-13-21(15)16(2)17-8-10-19(11-9-17)23-22-18-6-4-3-5-7-18/h3-11,15-16,20H,12-14H2,1-2H3. The summed E-state index contributed by atoms with van der Waals surface area (Å²) in [7, 11) is 0. The summed E-state index contributed by atoms with van der Waals surface area (Å²) in [6, 6.07) is 18.6. The minimum absolute atomic E-state index is 0.399. The predicted octanol–water partition coefficient (Wildman–Crippen LogP) is 3.41. The zero-order valence-corrected chi connectivity index (χ0v) is 13.7. The first kappa shape index (κ1) is 15.8. The lowest BCUT2D eigenvalue weighted by atomic mass is 10.0. The lowest BCUT2D eigenvalue weighted by Crippen LogP contribution is -2.50. The van der Waals surface area contributed by atoms with Crippen molar-refractivity contribution in [3.63, 3.8) is 0 Å². The fourth-order valence-corrected chi connectivity index (χ4v) is 3.00. The fraction of sp³-hybridized carbons (Fsp3) is 0.368. The third-order valence-corrected chi connectivity index (χ3v) is 4.39. The molecule has 0 saturated carbocycles. The largest absolute Gasteiger partial charge is 0.314 e. The Balaban J connectivity index is 1.60. The Kier molecular flexibility index (Phi) is 5.16. The van der Waals surface area contributed by atoms with Crippen LogP contribution in [0.3, 0.4) is 0 Å². The minimum Gasteiger partial charge on any atom is -0.314 e. The second-order valence-electron chi connectivity index (χ2n) is 6.02. The van der Waals surface area contributed by atoms with E-state index in [-0.39, 0.29) is 0 Å². The molecule has 0 radical (unpaired) electrons. The molecule has 1 aliphatic heterocycles. The first-order chi connectivity index (χ1) is 11.2. The summed E-state index contributed by atoms with van der Waals surface area (Å²) in [5, 5.41) is 3.43. The number of rotatable bonds is 5. The van der Waals surface area contributed by atoms with E-state index in [4.69, 9.17) is 9.78 Å². The molecule has 1 N–H and O–H groups in total. The van der Waals surface area contributed by atoms with Gasteiger partial charge in [0.05, 0.1) is 0 Å². The molecule has 1 aliphatic rings. The van der Waals surface area contributed by atoms with Gasteiger partial charge in [-0.2, -0.15) is 0 Å². The number of nitrogens with one attached hydrogen (secondary N) is 1. The van der Waals surface area contributed by atoms with Crippen LogP contribution in [0.2, 0.25) is 0 Å². The van der Waals surface area contributed by atoms with Gasteiger partial charge < -0.3 is 5.32 Å². The maximum absolute atomic E-state index is 5.37. The summed E-state index contributed by atoms with van der Waals surface area (Å²) in [6.07, 6.45) is 0. The maximum atomic E-state index is 5.37. The highest BCUT2D eigenvalue weighted by Crippen LogP contribution is 2.25. The van der Waals surface area contributed by atoms with Gasteiger partial charge in [-0.25, -0.2) is 0 Å². The molecule has 2 atom stereocenters. The average Bonchev–Trinajstić information content (AvgIpc) is 2.61. The Morgan fingerprint density at radius 2 is 1.65 bits per heavy atom. The van der Waals surface area contributed by atoms with E-state index in [1.807, 2.05) is 42.5 Å². The molecule has 1 saturated heterocycles. The van der Waals surface area contributed by atoms with Crippen molar-refractivity contribution < 1.29 is 9.78 Å². The van der Waals surface area contributed by atoms with Gasteiger partial charge in [0.25, 0.3) is 0 Å². The van der Waals surface area contributed by atoms with Gasteiger partial charge in [-0.15, -0.1) is 0 Å². The molecule has 0 spiro atoms. The van der Waals surface area contributed by atoms with E-state index < -0.39 is 0 Å². The maximum Gasteiger partial charge on any atom is 0.178 e. The van der Waals surface area contributed by atoms with Crippen LogP contribution < -0.4 is 15.1 Å². The Labute approximate surface area is 138 Å².